The lowest BCUT2D eigenvalue weighted by atomic mass is 9.99. The Morgan fingerprint density at radius 1 is 1.33 bits per heavy atom. The predicted octanol–water partition coefficient (Wildman–Crippen LogP) is 2.25. The van der Waals surface area contributed by atoms with Gasteiger partial charge in [-0.3, -0.25) is 9.36 Å². The van der Waals surface area contributed by atoms with Crippen LogP contribution < -0.4 is 5.73 Å². The molecule has 1 saturated heterocycles. The Morgan fingerprint density at radius 2 is 2.08 bits per heavy atom. The van der Waals surface area contributed by atoms with Crippen LogP contribution in [0, 0.1) is 18.4 Å². The maximum Gasteiger partial charge on any atom is 0.508 e. The number of hydrogen-bond donors (Lipinski definition) is 2. The smallest absolute Gasteiger partial charge is 0.460 e. The number of nitrogens with zero attached hydrogens (tertiary/aromatic N) is 4. The number of hydrogen-bond acceptors (Lipinski definition) is 11. The van der Waals surface area contributed by atoms with Crippen molar-refractivity contribution in [2.24, 2.45) is 0 Å². The second-order valence-electron chi connectivity index (χ2n) is 9.34. The van der Waals surface area contributed by atoms with E-state index in [1.54, 1.807) is 20.8 Å². The maximum atomic E-state index is 13.7. The molecule has 0 spiro atoms. The summed E-state index contributed by atoms with van der Waals surface area (Å²) in [6.07, 6.45) is 4.85. The average molecular weight is 508 g/mol. The van der Waals surface area contributed by atoms with E-state index in [9.17, 15) is 19.1 Å². The number of carbonyl (C=O) groups is 2. The molecule has 0 aromatic carbocycles. The number of terminal acetylenes is 1. The van der Waals surface area contributed by atoms with Crippen molar-refractivity contribution < 1.29 is 38.0 Å². The van der Waals surface area contributed by atoms with Gasteiger partial charge < -0.3 is 29.8 Å². The fraction of sp³-hybridized carbons (Fsp3) is 0.609. The minimum atomic E-state index is -1.66. The third kappa shape index (κ3) is 6.58. The first-order chi connectivity index (χ1) is 16.9. The molecule has 1 fully saturated rings. The highest BCUT2D eigenvalue weighted by molar-refractivity contribution is 5.81. The van der Waals surface area contributed by atoms with Crippen molar-refractivity contribution in [1.82, 2.24) is 19.5 Å². The summed E-state index contributed by atoms with van der Waals surface area (Å²) >= 11 is 0. The molecule has 2 aromatic heterocycles. The molecule has 0 unspecified atom stereocenters. The molecule has 0 amide bonds. The Bertz CT molecular complexity index is 1140. The lowest BCUT2D eigenvalue weighted by Crippen LogP contribution is -2.43. The van der Waals surface area contributed by atoms with Crippen LogP contribution in [0.5, 0.6) is 0 Å². The van der Waals surface area contributed by atoms with Crippen LogP contribution in [0.2, 0.25) is 0 Å². The van der Waals surface area contributed by atoms with Gasteiger partial charge in [0, 0.05) is 12.8 Å². The lowest BCUT2D eigenvalue weighted by Gasteiger charge is -2.25. The van der Waals surface area contributed by atoms with Crippen LogP contribution in [-0.4, -0.2) is 67.3 Å². The number of nitrogens with two attached hydrogens (primary N) is 1. The molecular formula is C23H30FN5O7. The number of fused-ring (bicyclic) bond motifs is 1. The zero-order valence-corrected chi connectivity index (χ0v) is 20.4. The normalized spacial score (nSPS) is 21.8. The van der Waals surface area contributed by atoms with Crippen LogP contribution in [0.1, 0.15) is 59.1 Å². The largest absolute Gasteiger partial charge is 0.508 e. The molecule has 0 bridgehead atoms. The molecule has 2 aromatic rings. The molecule has 0 saturated carbocycles. The number of halogens is 1. The van der Waals surface area contributed by atoms with E-state index in [1.165, 1.54) is 10.9 Å². The van der Waals surface area contributed by atoms with Gasteiger partial charge in [-0.25, -0.2) is 9.78 Å². The number of anilines is 1. The zero-order valence-electron chi connectivity index (χ0n) is 20.4. The first kappa shape index (κ1) is 27.1. The third-order valence-corrected chi connectivity index (χ3v) is 5.35. The van der Waals surface area contributed by atoms with Crippen molar-refractivity contribution >= 4 is 29.1 Å². The molecule has 3 heterocycles. The molecule has 1 aliphatic heterocycles. The lowest BCUT2D eigenvalue weighted by molar-refractivity contribution is -0.154. The van der Waals surface area contributed by atoms with Gasteiger partial charge in [-0.1, -0.05) is 5.92 Å². The van der Waals surface area contributed by atoms with Gasteiger partial charge in [0.2, 0.25) is 0 Å². The minimum Gasteiger partial charge on any atom is -0.460 e. The van der Waals surface area contributed by atoms with E-state index >= 15 is 0 Å². The number of aliphatic hydroxyl groups is 1. The third-order valence-electron chi connectivity index (χ3n) is 5.35. The summed E-state index contributed by atoms with van der Waals surface area (Å²) in [5.74, 6) is 1.92. The Balaban J connectivity index is 1.46. The SMILES string of the molecule is C#C[C@]1(COC(=O)OCCCCCC(=O)OC(C)(C)C)O[C@@H](n2cnc3c(N)nc(F)nc32)C[C@@H]1O. The summed E-state index contributed by atoms with van der Waals surface area (Å²) in [7, 11) is 0. The van der Waals surface area contributed by atoms with Crippen LogP contribution in [0.3, 0.4) is 0 Å². The van der Waals surface area contributed by atoms with E-state index in [4.69, 9.17) is 31.1 Å². The maximum absolute atomic E-state index is 13.7. The number of aromatic nitrogens is 4. The standard InChI is InChI=1S/C23H30FN5O7/c1-5-23(12-34-21(32)33-10-8-6-7-9-16(31)36-22(2,3)4)14(30)11-15(35-23)29-13-26-17-18(25)27-20(24)28-19(17)29/h1,13-15,30H,6-12H2,2-4H3,(H2,25,27,28)/t14-,15+,23+/m0/s1. The zero-order chi connectivity index (χ0) is 26.5. The van der Waals surface area contributed by atoms with Gasteiger partial charge in [0.25, 0.3) is 0 Å². The predicted molar refractivity (Wildman–Crippen MR) is 124 cm³/mol. The first-order valence-electron chi connectivity index (χ1n) is 11.4. The summed E-state index contributed by atoms with van der Waals surface area (Å²) in [5.41, 5.74) is 3.72. The highest BCUT2D eigenvalue weighted by atomic mass is 19.1. The van der Waals surface area contributed by atoms with E-state index in [0.717, 1.165) is 0 Å². The van der Waals surface area contributed by atoms with E-state index in [2.05, 4.69) is 20.9 Å². The van der Waals surface area contributed by atoms with Crippen molar-refractivity contribution in [3.63, 3.8) is 0 Å². The molecule has 0 aliphatic carbocycles. The van der Waals surface area contributed by atoms with E-state index in [0.29, 0.717) is 19.3 Å². The van der Waals surface area contributed by atoms with Crippen LogP contribution >= 0.6 is 0 Å². The number of aliphatic hydroxyl groups excluding tert-OH is 1. The molecule has 196 valence electrons. The molecule has 3 N–H and O–H groups in total. The summed E-state index contributed by atoms with van der Waals surface area (Å²) in [6, 6.07) is 0. The van der Waals surface area contributed by atoms with Gasteiger partial charge in [-0.15, -0.1) is 6.42 Å². The van der Waals surface area contributed by atoms with Gasteiger partial charge in [-0.05, 0) is 40.0 Å². The second kappa shape index (κ2) is 11.0. The van der Waals surface area contributed by atoms with Gasteiger partial charge in [0.1, 0.15) is 24.5 Å². The molecule has 3 atom stereocenters. The minimum absolute atomic E-state index is 0.00274. The highest BCUT2D eigenvalue weighted by Gasteiger charge is 2.49. The van der Waals surface area contributed by atoms with Gasteiger partial charge in [0.15, 0.2) is 22.6 Å². The van der Waals surface area contributed by atoms with E-state index in [1.807, 2.05) is 0 Å². The average Bonchev–Trinajstić information content (AvgIpc) is 3.34. The summed E-state index contributed by atoms with van der Waals surface area (Å²) in [6.45, 7) is 5.01. The van der Waals surface area contributed by atoms with Crippen LogP contribution in [0.15, 0.2) is 6.33 Å². The number of rotatable bonds is 9. The first-order valence-corrected chi connectivity index (χ1v) is 11.4. The van der Waals surface area contributed by atoms with Crippen LogP contribution in [-0.2, 0) is 23.7 Å². The molecular weight excluding hydrogens is 477 g/mol. The van der Waals surface area contributed by atoms with Gasteiger partial charge in [-0.2, -0.15) is 14.4 Å². The summed E-state index contributed by atoms with van der Waals surface area (Å²) in [4.78, 5) is 34.9. The monoisotopic (exact) mass is 507 g/mol. The Hall–Kier alpha value is -3.50. The van der Waals surface area contributed by atoms with Gasteiger partial charge in [0.05, 0.1) is 12.9 Å². The number of nitrogen functional groups attached to an aromatic ring is 1. The second-order valence-corrected chi connectivity index (χ2v) is 9.34. The van der Waals surface area contributed by atoms with Crippen molar-refractivity contribution in [3.8, 4) is 12.3 Å². The Morgan fingerprint density at radius 3 is 2.78 bits per heavy atom. The van der Waals surface area contributed by atoms with Crippen molar-refractivity contribution in [1.29, 1.82) is 0 Å². The fourth-order valence-corrected chi connectivity index (χ4v) is 3.65. The number of carbonyl (C=O) groups excluding carboxylic acids is 2. The van der Waals surface area contributed by atoms with E-state index < -0.39 is 42.4 Å². The molecule has 13 heteroatoms. The number of imidazole rings is 1. The highest BCUT2D eigenvalue weighted by Crippen LogP contribution is 2.38. The quantitative estimate of drug-likeness (QED) is 0.222. The van der Waals surface area contributed by atoms with Crippen LogP contribution in [0.25, 0.3) is 11.2 Å². The molecule has 0 radical (unpaired) electrons. The Labute approximate surface area is 207 Å². The molecule has 12 nitrogen and oxygen atoms in total. The molecule has 3 rings (SSSR count). The topological polar surface area (TPSA) is 161 Å². The molecule has 1 aliphatic rings. The van der Waals surface area contributed by atoms with Gasteiger partial charge >= 0.3 is 18.2 Å². The van der Waals surface area contributed by atoms with Crippen molar-refractivity contribution in [3.05, 3.63) is 12.4 Å². The number of ether oxygens (including phenoxy) is 4. The number of unbranched alkanes of at least 4 members (excludes halogenated alkanes) is 2. The summed E-state index contributed by atoms with van der Waals surface area (Å²) < 4.78 is 36.2. The van der Waals surface area contributed by atoms with Crippen molar-refractivity contribution in [2.45, 2.75) is 76.4 Å². The fourth-order valence-electron chi connectivity index (χ4n) is 3.65. The Kier molecular flexibility index (Phi) is 8.31. The van der Waals surface area contributed by atoms with Crippen molar-refractivity contribution in [2.75, 3.05) is 18.9 Å². The van der Waals surface area contributed by atoms with E-state index in [-0.39, 0.29) is 42.4 Å². The summed E-state index contributed by atoms with van der Waals surface area (Å²) in [5, 5.41) is 10.6. The van der Waals surface area contributed by atoms with Crippen LogP contribution in [0.4, 0.5) is 15.0 Å². The molecule has 36 heavy (non-hydrogen) atoms. The number of esters is 1.